The van der Waals surface area contributed by atoms with Crippen LogP contribution in [0.15, 0.2) is 54.6 Å². The van der Waals surface area contributed by atoms with Crippen LogP contribution in [-0.4, -0.2) is 17.0 Å². The van der Waals surface area contributed by atoms with E-state index in [9.17, 15) is 9.59 Å². The number of aryl methyl sites for hydroxylation is 1. The van der Waals surface area contributed by atoms with Gasteiger partial charge in [0.2, 0.25) is 5.91 Å². The Bertz CT molecular complexity index is 591. The van der Waals surface area contributed by atoms with Crippen molar-refractivity contribution in [2.45, 2.75) is 12.8 Å². The molecule has 0 aliphatic rings. The fourth-order valence-corrected chi connectivity index (χ4v) is 1.82. The van der Waals surface area contributed by atoms with E-state index in [0.717, 1.165) is 11.3 Å². The predicted molar refractivity (Wildman–Crippen MR) is 76.8 cm³/mol. The first kappa shape index (κ1) is 13.8. The lowest BCUT2D eigenvalue weighted by Gasteiger charge is -2.05. The summed E-state index contributed by atoms with van der Waals surface area (Å²) < 4.78 is 0. The van der Waals surface area contributed by atoms with E-state index in [4.69, 9.17) is 5.11 Å². The van der Waals surface area contributed by atoms with Crippen LogP contribution in [0.3, 0.4) is 0 Å². The number of benzene rings is 2. The van der Waals surface area contributed by atoms with Crippen LogP contribution in [0.1, 0.15) is 22.3 Å². The minimum absolute atomic E-state index is 0.0569. The van der Waals surface area contributed by atoms with E-state index in [-0.39, 0.29) is 11.5 Å². The van der Waals surface area contributed by atoms with E-state index in [0.29, 0.717) is 12.8 Å². The van der Waals surface area contributed by atoms with Crippen LogP contribution in [0.5, 0.6) is 0 Å². The van der Waals surface area contributed by atoms with Crippen molar-refractivity contribution in [3.8, 4) is 0 Å². The summed E-state index contributed by atoms with van der Waals surface area (Å²) in [4.78, 5) is 22.5. The van der Waals surface area contributed by atoms with Crippen molar-refractivity contribution in [1.82, 2.24) is 0 Å². The van der Waals surface area contributed by atoms with Gasteiger partial charge in [-0.25, -0.2) is 4.79 Å². The molecule has 0 saturated carbocycles. The van der Waals surface area contributed by atoms with Crippen LogP contribution >= 0.6 is 0 Å². The van der Waals surface area contributed by atoms with Crippen LogP contribution in [0, 0.1) is 0 Å². The van der Waals surface area contributed by atoms with E-state index in [1.165, 1.54) is 0 Å². The van der Waals surface area contributed by atoms with Crippen LogP contribution in [-0.2, 0) is 11.2 Å². The molecule has 1 amide bonds. The second kappa shape index (κ2) is 6.52. The first-order chi connectivity index (χ1) is 9.65. The Morgan fingerprint density at radius 3 is 2.20 bits per heavy atom. The second-order valence-electron chi connectivity index (χ2n) is 4.42. The smallest absolute Gasteiger partial charge is 0.335 e. The highest BCUT2D eigenvalue weighted by Gasteiger charge is 2.05. The van der Waals surface area contributed by atoms with E-state index in [1.807, 2.05) is 30.3 Å². The molecule has 4 heteroatoms. The summed E-state index contributed by atoms with van der Waals surface area (Å²) >= 11 is 0. The van der Waals surface area contributed by atoms with Gasteiger partial charge in [0, 0.05) is 12.1 Å². The van der Waals surface area contributed by atoms with Crippen LogP contribution in [0.4, 0.5) is 5.69 Å². The molecule has 0 aliphatic heterocycles. The number of para-hydroxylation sites is 1. The molecule has 0 spiro atoms. The van der Waals surface area contributed by atoms with E-state index >= 15 is 0 Å². The molecule has 0 aromatic heterocycles. The van der Waals surface area contributed by atoms with Gasteiger partial charge in [-0.1, -0.05) is 30.3 Å². The monoisotopic (exact) mass is 269 g/mol. The topological polar surface area (TPSA) is 66.4 Å². The van der Waals surface area contributed by atoms with Crippen molar-refractivity contribution < 1.29 is 14.7 Å². The van der Waals surface area contributed by atoms with Gasteiger partial charge in [0.1, 0.15) is 0 Å². The molecule has 0 bridgehead atoms. The summed E-state index contributed by atoms with van der Waals surface area (Å²) in [6.45, 7) is 0. The average Bonchev–Trinajstić information content (AvgIpc) is 2.46. The number of rotatable bonds is 5. The number of nitrogens with one attached hydrogen (secondary N) is 1. The first-order valence-corrected chi connectivity index (χ1v) is 6.32. The maximum atomic E-state index is 11.8. The number of carbonyl (C=O) groups excluding carboxylic acids is 1. The van der Waals surface area contributed by atoms with Crippen LogP contribution in [0.2, 0.25) is 0 Å². The van der Waals surface area contributed by atoms with E-state index < -0.39 is 5.97 Å². The lowest BCUT2D eigenvalue weighted by molar-refractivity contribution is -0.116. The van der Waals surface area contributed by atoms with Gasteiger partial charge in [0.15, 0.2) is 0 Å². The molecule has 0 atom stereocenters. The second-order valence-corrected chi connectivity index (χ2v) is 4.42. The SMILES string of the molecule is O=C(CCc1ccc(C(=O)O)cc1)Nc1ccccc1. The van der Waals surface area contributed by atoms with Crippen molar-refractivity contribution in [2.75, 3.05) is 5.32 Å². The zero-order valence-electron chi connectivity index (χ0n) is 10.9. The Kier molecular flexibility index (Phi) is 4.50. The normalized spacial score (nSPS) is 10.0. The van der Waals surface area contributed by atoms with Crippen molar-refractivity contribution in [1.29, 1.82) is 0 Å². The van der Waals surface area contributed by atoms with Gasteiger partial charge >= 0.3 is 5.97 Å². The number of hydrogen-bond acceptors (Lipinski definition) is 2. The van der Waals surface area contributed by atoms with Crippen molar-refractivity contribution in [3.63, 3.8) is 0 Å². The Hall–Kier alpha value is -2.62. The number of amides is 1. The number of carbonyl (C=O) groups is 2. The van der Waals surface area contributed by atoms with E-state index in [1.54, 1.807) is 24.3 Å². The summed E-state index contributed by atoms with van der Waals surface area (Å²) in [5, 5.41) is 11.6. The number of hydrogen-bond donors (Lipinski definition) is 2. The van der Waals surface area contributed by atoms with Gasteiger partial charge < -0.3 is 10.4 Å². The Morgan fingerprint density at radius 2 is 1.60 bits per heavy atom. The minimum atomic E-state index is -0.946. The van der Waals surface area contributed by atoms with Crippen LogP contribution < -0.4 is 5.32 Å². The van der Waals surface area contributed by atoms with Gasteiger partial charge in [0.05, 0.1) is 5.56 Å². The van der Waals surface area contributed by atoms with Crippen molar-refractivity contribution >= 4 is 17.6 Å². The molecular weight excluding hydrogens is 254 g/mol. The minimum Gasteiger partial charge on any atom is -0.478 e. The van der Waals surface area contributed by atoms with E-state index in [2.05, 4.69) is 5.32 Å². The summed E-state index contributed by atoms with van der Waals surface area (Å²) in [6.07, 6.45) is 0.944. The molecule has 2 rings (SSSR count). The Labute approximate surface area is 117 Å². The molecule has 0 fully saturated rings. The molecule has 0 radical (unpaired) electrons. The molecule has 20 heavy (non-hydrogen) atoms. The first-order valence-electron chi connectivity index (χ1n) is 6.32. The molecule has 0 aliphatic carbocycles. The van der Waals surface area contributed by atoms with Crippen molar-refractivity contribution in [3.05, 3.63) is 65.7 Å². The molecule has 2 aromatic carbocycles. The fourth-order valence-electron chi connectivity index (χ4n) is 1.82. The van der Waals surface area contributed by atoms with Gasteiger partial charge in [-0.05, 0) is 36.2 Å². The number of carboxylic acids is 1. The zero-order valence-corrected chi connectivity index (χ0v) is 10.9. The number of carboxylic acid groups (broad SMARTS) is 1. The van der Waals surface area contributed by atoms with Gasteiger partial charge in [-0.2, -0.15) is 0 Å². The largest absolute Gasteiger partial charge is 0.478 e. The van der Waals surface area contributed by atoms with Gasteiger partial charge in [-0.3, -0.25) is 4.79 Å². The average molecular weight is 269 g/mol. The summed E-state index contributed by atoms with van der Waals surface area (Å²) in [7, 11) is 0. The quantitative estimate of drug-likeness (QED) is 0.877. The third kappa shape index (κ3) is 3.95. The molecule has 0 saturated heterocycles. The lowest BCUT2D eigenvalue weighted by atomic mass is 10.1. The molecule has 2 aromatic rings. The number of aromatic carboxylic acids is 1. The highest BCUT2D eigenvalue weighted by Crippen LogP contribution is 2.09. The summed E-state index contributed by atoms with van der Waals surface area (Å²) in [5.74, 6) is -1.00. The Balaban J connectivity index is 1.85. The van der Waals surface area contributed by atoms with Gasteiger partial charge in [0.25, 0.3) is 0 Å². The van der Waals surface area contributed by atoms with Crippen molar-refractivity contribution in [2.24, 2.45) is 0 Å². The predicted octanol–water partition coefficient (Wildman–Crippen LogP) is 2.96. The standard InChI is InChI=1S/C16H15NO3/c18-15(17-14-4-2-1-3-5-14)11-8-12-6-9-13(10-7-12)16(19)20/h1-7,9-10H,8,11H2,(H,17,18)(H,19,20). The number of anilines is 1. The maximum Gasteiger partial charge on any atom is 0.335 e. The summed E-state index contributed by atoms with van der Waals surface area (Å²) in [5.41, 5.74) is 1.97. The Morgan fingerprint density at radius 1 is 0.950 bits per heavy atom. The van der Waals surface area contributed by atoms with Gasteiger partial charge in [-0.15, -0.1) is 0 Å². The third-order valence-electron chi connectivity index (χ3n) is 2.90. The third-order valence-corrected chi connectivity index (χ3v) is 2.90. The highest BCUT2D eigenvalue weighted by molar-refractivity contribution is 5.90. The molecule has 2 N–H and O–H groups in total. The molecule has 0 unspecified atom stereocenters. The molecular formula is C16H15NO3. The maximum absolute atomic E-state index is 11.8. The van der Waals surface area contributed by atoms with Crippen LogP contribution in [0.25, 0.3) is 0 Å². The lowest BCUT2D eigenvalue weighted by Crippen LogP contribution is -2.12. The highest BCUT2D eigenvalue weighted by atomic mass is 16.4. The molecule has 4 nitrogen and oxygen atoms in total. The zero-order chi connectivity index (χ0) is 14.4. The molecule has 102 valence electrons. The summed E-state index contributed by atoms with van der Waals surface area (Å²) in [6, 6.07) is 15.8. The fraction of sp³-hybridized carbons (Fsp3) is 0.125. The molecule has 0 heterocycles.